The smallest absolute Gasteiger partial charge is 0.203 e. The standard InChI is InChI=1S/C28H21Cl2N3O4S/c1-35-24-10-17(11-25(36-2)27(24)37-3)26(34)21-12-20(30)8-9-22(21)32-14-18(13-31)28-33-23(15-38-28)16-4-6-19(29)7-5-16/h4-12,14-15,32H,1-3H3/b18-14+. The number of methoxy groups -OCH3 is 3. The van der Waals surface area contributed by atoms with Crippen molar-refractivity contribution in [3.05, 3.63) is 92.4 Å². The minimum atomic E-state index is -0.333. The van der Waals surface area contributed by atoms with Crippen LogP contribution in [-0.2, 0) is 0 Å². The summed E-state index contributed by atoms with van der Waals surface area (Å²) in [5, 5.41) is 16.3. The number of nitriles is 1. The Morgan fingerprint density at radius 1 is 0.974 bits per heavy atom. The molecule has 1 N–H and O–H groups in total. The highest BCUT2D eigenvalue weighted by Gasteiger charge is 2.20. The number of hydrogen-bond acceptors (Lipinski definition) is 8. The third kappa shape index (κ3) is 5.76. The zero-order chi connectivity index (χ0) is 27.2. The lowest BCUT2D eigenvalue weighted by Crippen LogP contribution is -2.07. The summed E-state index contributed by atoms with van der Waals surface area (Å²) in [7, 11) is 4.44. The van der Waals surface area contributed by atoms with Crippen molar-refractivity contribution < 1.29 is 19.0 Å². The van der Waals surface area contributed by atoms with E-state index in [9.17, 15) is 10.1 Å². The van der Waals surface area contributed by atoms with Gasteiger partial charge in [0.1, 0.15) is 16.6 Å². The topological polar surface area (TPSA) is 93.5 Å². The Kier molecular flexibility index (Phi) is 8.54. The molecule has 1 aromatic heterocycles. The molecule has 0 unspecified atom stereocenters. The van der Waals surface area contributed by atoms with Gasteiger partial charge in [-0.25, -0.2) is 4.98 Å². The first-order valence-electron chi connectivity index (χ1n) is 11.1. The number of carbonyl (C=O) groups is 1. The number of thiazole rings is 1. The van der Waals surface area contributed by atoms with Gasteiger partial charge in [-0.05, 0) is 42.5 Å². The first-order valence-corrected chi connectivity index (χ1v) is 12.7. The molecule has 0 spiro atoms. The summed E-state index contributed by atoms with van der Waals surface area (Å²) < 4.78 is 16.1. The van der Waals surface area contributed by atoms with Crippen molar-refractivity contribution in [1.82, 2.24) is 4.98 Å². The summed E-state index contributed by atoms with van der Waals surface area (Å²) in [5.41, 5.74) is 2.97. The molecule has 7 nitrogen and oxygen atoms in total. The minimum absolute atomic E-state index is 0.293. The molecular weight excluding hydrogens is 545 g/mol. The number of ketones is 1. The predicted octanol–water partition coefficient (Wildman–Crippen LogP) is 7.35. The molecule has 1 heterocycles. The van der Waals surface area contributed by atoms with Gasteiger partial charge in [0.05, 0.1) is 27.0 Å². The quantitative estimate of drug-likeness (QED) is 0.167. The molecule has 0 atom stereocenters. The van der Waals surface area contributed by atoms with Gasteiger partial charge in [-0.15, -0.1) is 11.3 Å². The molecule has 0 aliphatic heterocycles. The molecule has 38 heavy (non-hydrogen) atoms. The molecule has 0 aliphatic rings. The van der Waals surface area contributed by atoms with Gasteiger partial charge in [-0.3, -0.25) is 4.79 Å². The first kappa shape index (κ1) is 27.0. The van der Waals surface area contributed by atoms with E-state index in [4.69, 9.17) is 37.4 Å². The van der Waals surface area contributed by atoms with Crippen LogP contribution in [-0.4, -0.2) is 32.1 Å². The maximum Gasteiger partial charge on any atom is 0.203 e. The monoisotopic (exact) mass is 565 g/mol. The Hall–Kier alpha value is -4.03. The number of halogens is 2. The fourth-order valence-electron chi connectivity index (χ4n) is 3.64. The summed E-state index contributed by atoms with van der Waals surface area (Å²) >= 11 is 13.5. The van der Waals surface area contributed by atoms with Gasteiger partial charge in [0.25, 0.3) is 0 Å². The first-order chi connectivity index (χ1) is 18.4. The Bertz CT molecular complexity index is 1530. The highest BCUT2D eigenvalue weighted by Crippen LogP contribution is 2.39. The molecule has 0 saturated heterocycles. The maximum absolute atomic E-state index is 13.6. The number of anilines is 1. The Morgan fingerprint density at radius 2 is 1.63 bits per heavy atom. The van der Waals surface area contributed by atoms with Gasteiger partial charge in [-0.1, -0.05) is 35.3 Å². The third-order valence-corrected chi connectivity index (χ3v) is 6.88. The number of carbonyl (C=O) groups excluding carboxylic acids is 1. The van der Waals surface area contributed by atoms with E-state index < -0.39 is 0 Å². The lowest BCUT2D eigenvalue weighted by atomic mass is 10.0. The number of nitrogens with zero attached hydrogens (tertiary/aromatic N) is 2. The van der Waals surface area contributed by atoms with Crippen LogP contribution in [0.25, 0.3) is 16.8 Å². The van der Waals surface area contributed by atoms with Crippen molar-refractivity contribution in [1.29, 1.82) is 5.26 Å². The van der Waals surface area contributed by atoms with Crippen LogP contribution in [0, 0.1) is 11.3 Å². The second-order valence-corrected chi connectivity index (χ2v) is 9.52. The van der Waals surface area contributed by atoms with Crippen molar-refractivity contribution in [3.8, 4) is 34.6 Å². The largest absolute Gasteiger partial charge is 0.493 e. The average molecular weight is 566 g/mol. The number of nitrogens with one attached hydrogen (secondary N) is 1. The van der Waals surface area contributed by atoms with Gasteiger partial charge in [0.15, 0.2) is 17.3 Å². The minimum Gasteiger partial charge on any atom is -0.493 e. The lowest BCUT2D eigenvalue weighted by molar-refractivity contribution is 0.103. The van der Waals surface area contributed by atoms with Crippen LogP contribution < -0.4 is 19.5 Å². The predicted molar refractivity (Wildman–Crippen MR) is 151 cm³/mol. The number of hydrogen-bond donors (Lipinski definition) is 1. The Morgan fingerprint density at radius 3 is 2.24 bits per heavy atom. The maximum atomic E-state index is 13.6. The molecule has 0 fully saturated rings. The molecule has 192 valence electrons. The third-order valence-electron chi connectivity index (χ3n) is 5.52. The molecule has 4 aromatic rings. The molecule has 10 heteroatoms. The van der Waals surface area contributed by atoms with Crippen LogP contribution in [0.3, 0.4) is 0 Å². The van der Waals surface area contributed by atoms with E-state index in [1.807, 2.05) is 17.5 Å². The fraction of sp³-hybridized carbons (Fsp3) is 0.107. The summed E-state index contributed by atoms with van der Waals surface area (Å²) in [6.45, 7) is 0. The fourth-order valence-corrected chi connectivity index (χ4v) is 4.73. The molecule has 3 aromatic carbocycles. The molecule has 0 amide bonds. The van der Waals surface area contributed by atoms with Crippen molar-refractivity contribution >= 4 is 51.6 Å². The van der Waals surface area contributed by atoms with Crippen LogP contribution in [0.4, 0.5) is 5.69 Å². The van der Waals surface area contributed by atoms with E-state index in [1.165, 1.54) is 38.9 Å². The van der Waals surface area contributed by atoms with Crippen LogP contribution >= 0.6 is 34.5 Å². The van der Waals surface area contributed by atoms with E-state index in [0.29, 0.717) is 54.7 Å². The molecule has 0 radical (unpaired) electrons. The molecule has 0 bridgehead atoms. The molecular formula is C28H21Cl2N3O4S. The van der Waals surface area contributed by atoms with Crippen LogP contribution in [0.1, 0.15) is 20.9 Å². The lowest BCUT2D eigenvalue weighted by Gasteiger charge is -2.15. The van der Waals surface area contributed by atoms with Crippen LogP contribution in [0.15, 0.2) is 66.2 Å². The van der Waals surface area contributed by atoms with Crippen molar-refractivity contribution in [3.63, 3.8) is 0 Å². The highest BCUT2D eigenvalue weighted by molar-refractivity contribution is 7.11. The summed E-state index contributed by atoms with van der Waals surface area (Å²) in [4.78, 5) is 18.2. The number of ether oxygens (including phenoxy) is 3. The van der Waals surface area contributed by atoms with Crippen molar-refractivity contribution in [2.45, 2.75) is 0 Å². The van der Waals surface area contributed by atoms with E-state index in [-0.39, 0.29) is 5.78 Å². The zero-order valence-electron chi connectivity index (χ0n) is 20.5. The number of benzene rings is 3. The van der Waals surface area contributed by atoms with E-state index in [2.05, 4.69) is 16.4 Å². The van der Waals surface area contributed by atoms with Gasteiger partial charge in [-0.2, -0.15) is 5.26 Å². The molecule has 0 aliphatic carbocycles. The second-order valence-electron chi connectivity index (χ2n) is 7.79. The van der Waals surface area contributed by atoms with Crippen LogP contribution in [0.5, 0.6) is 17.2 Å². The SMILES string of the molecule is COc1cc(C(=O)c2cc(Cl)ccc2N/C=C(\C#N)c2nc(-c3ccc(Cl)cc3)cs2)cc(OC)c1OC. The van der Waals surface area contributed by atoms with E-state index >= 15 is 0 Å². The van der Waals surface area contributed by atoms with E-state index in [1.54, 1.807) is 42.5 Å². The normalized spacial score (nSPS) is 11.0. The summed E-state index contributed by atoms with van der Waals surface area (Å²) in [6, 6.07) is 17.5. The average Bonchev–Trinajstić information content (AvgIpc) is 3.43. The summed E-state index contributed by atoms with van der Waals surface area (Å²) in [5.74, 6) is 0.733. The van der Waals surface area contributed by atoms with Gasteiger partial charge >= 0.3 is 0 Å². The van der Waals surface area contributed by atoms with E-state index in [0.717, 1.165) is 11.3 Å². The zero-order valence-corrected chi connectivity index (χ0v) is 22.9. The second kappa shape index (κ2) is 12.0. The van der Waals surface area contributed by atoms with Gasteiger partial charge in [0, 0.05) is 44.0 Å². The van der Waals surface area contributed by atoms with Crippen LogP contribution in [0.2, 0.25) is 10.0 Å². The Balaban J connectivity index is 1.66. The number of allylic oxidation sites excluding steroid dienone is 1. The summed E-state index contributed by atoms with van der Waals surface area (Å²) in [6.07, 6.45) is 1.51. The molecule has 0 saturated carbocycles. The van der Waals surface area contributed by atoms with Crippen molar-refractivity contribution in [2.75, 3.05) is 26.6 Å². The number of aromatic nitrogens is 1. The van der Waals surface area contributed by atoms with Crippen molar-refractivity contribution in [2.24, 2.45) is 0 Å². The molecule has 4 rings (SSSR count). The number of rotatable bonds is 9. The van der Waals surface area contributed by atoms with Gasteiger partial charge in [0.2, 0.25) is 5.75 Å². The van der Waals surface area contributed by atoms with Gasteiger partial charge < -0.3 is 19.5 Å². The Labute approximate surface area is 233 Å². The highest BCUT2D eigenvalue weighted by atomic mass is 35.5.